The molecule has 0 bridgehead atoms. The SMILES string of the molecule is COc1cccc(OCCNS(=O)(=O)c2ccc(OC(C)C)cc2)c1OC. The van der Waals surface area contributed by atoms with Crippen molar-refractivity contribution >= 4 is 10.0 Å². The maximum Gasteiger partial charge on any atom is 0.240 e. The quantitative estimate of drug-likeness (QED) is 0.623. The van der Waals surface area contributed by atoms with E-state index in [0.29, 0.717) is 23.0 Å². The molecule has 2 rings (SSSR count). The molecule has 1 N–H and O–H groups in total. The standard InChI is InChI=1S/C19H25NO6S/c1-14(2)26-15-8-10-16(11-9-15)27(21,22)20-12-13-25-18-7-5-6-17(23-3)19(18)24-4/h5-11,14,20H,12-13H2,1-4H3. The zero-order valence-corrected chi connectivity index (χ0v) is 16.7. The zero-order valence-electron chi connectivity index (χ0n) is 15.9. The van der Waals surface area contributed by atoms with Crippen molar-refractivity contribution in [2.24, 2.45) is 0 Å². The van der Waals surface area contributed by atoms with E-state index in [9.17, 15) is 8.42 Å². The predicted molar refractivity (Wildman–Crippen MR) is 102 cm³/mol. The summed E-state index contributed by atoms with van der Waals surface area (Å²) in [6.07, 6.45) is 0.0244. The van der Waals surface area contributed by atoms with E-state index in [4.69, 9.17) is 18.9 Å². The van der Waals surface area contributed by atoms with Crippen molar-refractivity contribution in [1.29, 1.82) is 0 Å². The zero-order chi connectivity index (χ0) is 19.9. The van der Waals surface area contributed by atoms with Gasteiger partial charge in [-0.25, -0.2) is 13.1 Å². The van der Waals surface area contributed by atoms with Crippen molar-refractivity contribution in [3.8, 4) is 23.0 Å². The van der Waals surface area contributed by atoms with Crippen molar-refractivity contribution in [1.82, 2.24) is 4.72 Å². The molecule has 0 atom stereocenters. The highest BCUT2D eigenvalue weighted by molar-refractivity contribution is 7.89. The maximum atomic E-state index is 12.3. The summed E-state index contributed by atoms with van der Waals surface area (Å²) in [6.45, 7) is 4.05. The van der Waals surface area contributed by atoms with E-state index in [1.807, 2.05) is 13.8 Å². The maximum absolute atomic E-state index is 12.3. The molecule has 0 unspecified atom stereocenters. The molecular formula is C19H25NO6S. The van der Waals surface area contributed by atoms with Gasteiger partial charge in [0.2, 0.25) is 15.8 Å². The minimum absolute atomic E-state index is 0.0244. The molecule has 0 heterocycles. The Bertz CT molecular complexity index is 834. The Morgan fingerprint density at radius 1 is 0.963 bits per heavy atom. The van der Waals surface area contributed by atoms with E-state index in [2.05, 4.69) is 4.72 Å². The van der Waals surface area contributed by atoms with E-state index in [1.165, 1.54) is 26.4 Å². The van der Waals surface area contributed by atoms with Crippen molar-refractivity contribution in [2.75, 3.05) is 27.4 Å². The minimum atomic E-state index is -3.63. The van der Waals surface area contributed by atoms with E-state index >= 15 is 0 Å². The number of hydrogen-bond acceptors (Lipinski definition) is 6. The number of sulfonamides is 1. The van der Waals surface area contributed by atoms with Crippen LogP contribution in [-0.4, -0.2) is 41.9 Å². The Kier molecular flexibility index (Phi) is 7.32. The highest BCUT2D eigenvalue weighted by atomic mass is 32.2. The molecule has 7 nitrogen and oxygen atoms in total. The number of rotatable bonds is 10. The van der Waals surface area contributed by atoms with Gasteiger partial charge in [0.1, 0.15) is 12.4 Å². The van der Waals surface area contributed by atoms with Gasteiger partial charge in [-0.1, -0.05) is 6.07 Å². The monoisotopic (exact) mass is 395 g/mol. The highest BCUT2D eigenvalue weighted by Gasteiger charge is 2.15. The predicted octanol–water partition coefficient (Wildman–Crippen LogP) is 2.85. The van der Waals surface area contributed by atoms with Crippen LogP contribution in [0.4, 0.5) is 0 Å². The molecule has 8 heteroatoms. The van der Waals surface area contributed by atoms with Crippen LogP contribution in [0.25, 0.3) is 0 Å². The van der Waals surface area contributed by atoms with Crippen LogP contribution in [0.3, 0.4) is 0 Å². The van der Waals surface area contributed by atoms with Gasteiger partial charge >= 0.3 is 0 Å². The summed E-state index contributed by atoms with van der Waals surface area (Å²) >= 11 is 0. The summed E-state index contributed by atoms with van der Waals surface area (Å²) in [6, 6.07) is 11.5. The average Bonchev–Trinajstić information content (AvgIpc) is 2.64. The van der Waals surface area contributed by atoms with Crippen molar-refractivity contribution in [3.63, 3.8) is 0 Å². The summed E-state index contributed by atoms with van der Waals surface area (Å²) in [4.78, 5) is 0.164. The molecule has 0 spiro atoms. The number of hydrogen-bond donors (Lipinski definition) is 1. The molecule has 2 aromatic rings. The van der Waals surface area contributed by atoms with Crippen molar-refractivity contribution in [3.05, 3.63) is 42.5 Å². The first kappa shape index (κ1) is 20.9. The van der Waals surface area contributed by atoms with Gasteiger partial charge in [-0.15, -0.1) is 0 Å². The Balaban J connectivity index is 1.93. The largest absolute Gasteiger partial charge is 0.493 e. The normalized spacial score (nSPS) is 11.3. The van der Waals surface area contributed by atoms with Gasteiger partial charge in [0.25, 0.3) is 0 Å². The molecule has 0 saturated heterocycles. The summed E-state index contributed by atoms with van der Waals surface area (Å²) in [7, 11) is -0.581. The number of para-hydroxylation sites is 1. The second-order valence-corrected chi connectivity index (χ2v) is 7.64. The summed E-state index contributed by atoms with van der Waals surface area (Å²) in [5.41, 5.74) is 0. The first-order valence-corrected chi connectivity index (χ1v) is 9.96. The van der Waals surface area contributed by atoms with Crippen LogP contribution in [0.1, 0.15) is 13.8 Å². The summed E-state index contributed by atoms with van der Waals surface area (Å²) in [5.74, 6) is 2.10. The molecule has 0 fully saturated rings. The fourth-order valence-electron chi connectivity index (χ4n) is 2.36. The van der Waals surface area contributed by atoms with Gasteiger partial charge in [0.15, 0.2) is 11.5 Å². The van der Waals surface area contributed by atoms with Crippen LogP contribution in [0.2, 0.25) is 0 Å². The van der Waals surface area contributed by atoms with Crippen LogP contribution in [0.5, 0.6) is 23.0 Å². The lowest BCUT2D eigenvalue weighted by molar-refractivity contribution is 0.242. The molecule has 0 amide bonds. The van der Waals surface area contributed by atoms with E-state index in [-0.39, 0.29) is 24.2 Å². The Morgan fingerprint density at radius 3 is 2.22 bits per heavy atom. The molecule has 148 valence electrons. The van der Waals surface area contributed by atoms with Crippen LogP contribution >= 0.6 is 0 Å². The Labute approximate surface area is 160 Å². The Hall–Kier alpha value is -2.45. The molecule has 0 radical (unpaired) electrons. The van der Waals surface area contributed by atoms with Crippen LogP contribution in [0.15, 0.2) is 47.4 Å². The van der Waals surface area contributed by atoms with E-state index < -0.39 is 10.0 Å². The minimum Gasteiger partial charge on any atom is -0.493 e. The number of ether oxygens (including phenoxy) is 4. The second-order valence-electron chi connectivity index (χ2n) is 5.88. The van der Waals surface area contributed by atoms with Gasteiger partial charge < -0.3 is 18.9 Å². The fraction of sp³-hybridized carbons (Fsp3) is 0.368. The molecule has 0 aliphatic heterocycles. The van der Waals surface area contributed by atoms with Crippen molar-refractivity contribution < 1.29 is 27.4 Å². The van der Waals surface area contributed by atoms with E-state index in [1.54, 1.807) is 30.3 Å². The van der Waals surface area contributed by atoms with Crippen LogP contribution in [-0.2, 0) is 10.0 Å². The van der Waals surface area contributed by atoms with Gasteiger partial charge in [-0.2, -0.15) is 0 Å². The number of methoxy groups -OCH3 is 2. The summed E-state index contributed by atoms with van der Waals surface area (Å²) < 4.78 is 48.8. The highest BCUT2D eigenvalue weighted by Crippen LogP contribution is 2.36. The smallest absolute Gasteiger partial charge is 0.240 e. The topological polar surface area (TPSA) is 83.1 Å². The lowest BCUT2D eigenvalue weighted by Crippen LogP contribution is -2.28. The first-order chi connectivity index (χ1) is 12.9. The number of nitrogens with one attached hydrogen (secondary N) is 1. The molecule has 0 aliphatic carbocycles. The van der Waals surface area contributed by atoms with Gasteiger partial charge in [0.05, 0.1) is 25.2 Å². The van der Waals surface area contributed by atoms with Gasteiger partial charge in [-0.05, 0) is 50.2 Å². The van der Waals surface area contributed by atoms with Crippen LogP contribution < -0.4 is 23.7 Å². The van der Waals surface area contributed by atoms with E-state index in [0.717, 1.165) is 0 Å². The second kappa shape index (κ2) is 9.48. The van der Waals surface area contributed by atoms with Crippen LogP contribution in [0, 0.1) is 0 Å². The van der Waals surface area contributed by atoms with Crippen molar-refractivity contribution in [2.45, 2.75) is 24.8 Å². The number of benzene rings is 2. The third-order valence-corrected chi connectivity index (χ3v) is 5.00. The molecule has 0 aromatic heterocycles. The fourth-order valence-corrected chi connectivity index (χ4v) is 3.37. The Morgan fingerprint density at radius 2 is 1.63 bits per heavy atom. The summed E-state index contributed by atoms with van der Waals surface area (Å²) in [5, 5.41) is 0. The van der Waals surface area contributed by atoms with Gasteiger partial charge in [0, 0.05) is 6.54 Å². The lowest BCUT2D eigenvalue weighted by Gasteiger charge is -2.14. The molecule has 0 aliphatic rings. The average molecular weight is 395 g/mol. The van der Waals surface area contributed by atoms with Gasteiger partial charge in [-0.3, -0.25) is 0 Å². The first-order valence-electron chi connectivity index (χ1n) is 8.47. The molecule has 0 saturated carbocycles. The lowest BCUT2D eigenvalue weighted by atomic mass is 10.3. The molecule has 27 heavy (non-hydrogen) atoms. The third-order valence-electron chi connectivity index (χ3n) is 3.52. The molecular weight excluding hydrogens is 370 g/mol. The third kappa shape index (κ3) is 5.77. The molecule has 2 aromatic carbocycles.